The van der Waals surface area contributed by atoms with Crippen LogP contribution in [0, 0.1) is 0 Å². The van der Waals surface area contributed by atoms with Crippen molar-refractivity contribution in [1.82, 2.24) is 4.98 Å². The zero-order valence-electron chi connectivity index (χ0n) is 11.0. The summed E-state index contributed by atoms with van der Waals surface area (Å²) >= 11 is 2.98. The number of hydrogen-bond acceptors (Lipinski definition) is 5. The molecule has 0 aliphatic carbocycles. The van der Waals surface area contributed by atoms with Crippen molar-refractivity contribution in [2.75, 3.05) is 5.32 Å². The predicted octanol–water partition coefficient (Wildman–Crippen LogP) is 4.04. The molecule has 0 aromatic carbocycles. The summed E-state index contributed by atoms with van der Waals surface area (Å²) < 4.78 is 5.72. The second-order valence-corrected chi connectivity index (χ2v) is 5.93. The fourth-order valence-electron chi connectivity index (χ4n) is 1.74. The van der Waals surface area contributed by atoms with E-state index in [0.717, 1.165) is 5.56 Å². The van der Waals surface area contributed by atoms with Gasteiger partial charge in [-0.25, -0.2) is 0 Å². The molecule has 0 fully saturated rings. The van der Waals surface area contributed by atoms with Crippen LogP contribution in [0.2, 0.25) is 0 Å². The zero-order valence-corrected chi connectivity index (χ0v) is 12.6. The molecule has 0 radical (unpaired) electrons. The predicted molar refractivity (Wildman–Crippen MR) is 85.2 cm³/mol. The van der Waals surface area contributed by atoms with Crippen LogP contribution >= 0.6 is 22.7 Å². The van der Waals surface area contributed by atoms with Crippen LogP contribution in [0.15, 0.2) is 52.8 Å². The topological polar surface area (TPSA) is 51.2 Å². The minimum Gasteiger partial charge on any atom is -0.487 e. The van der Waals surface area contributed by atoms with Crippen LogP contribution in [0.1, 0.15) is 15.2 Å². The number of ether oxygens (including phenoxy) is 1. The number of nitrogens with one attached hydrogen (secondary N) is 1. The summed E-state index contributed by atoms with van der Waals surface area (Å²) in [7, 11) is 0. The number of carbonyl (C=O) groups excluding carboxylic acids is 1. The first-order chi connectivity index (χ1) is 10.3. The highest BCUT2D eigenvalue weighted by atomic mass is 32.1. The Morgan fingerprint density at radius 2 is 2.24 bits per heavy atom. The molecule has 1 amide bonds. The highest BCUT2D eigenvalue weighted by Crippen LogP contribution is 2.27. The van der Waals surface area contributed by atoms with Crippen molar-refractivity contribution in [3.63, 3.8) is 0 Å². The summed E-state index contributed by atoms with van der Waals surface area (Å²) in [6.45, 7) is 0.466. The van der Waals surface area contributed by atoms with E-state index in [1.165, 1.54) is 11.3 Å². The molecule has 0 unspecified atom stereocenters. The molecule has 0 atom stereocenters. The summed E-state index contributed by atoms with van der Waals surface area (Å²) in [5.41, 5.74) is 1.77. The standard InChI is InChI=1S/C15H12N2O2S2/c18-15(17-12-2-1-5-16-8-12)14-13(4-7-21-14)19-9-11-3-6-20-10-11/h1-8,10H,9H2,(H,17,18). The Hall–Kier alpha value is -2.18. The van der Waals surface area contributed by atoms with Gasteiger partial charge in [0.25, 0.3) is 5.91 Å². The molecular weight excluding hydrogens is 304 g/mol. The molecule has 0 bridgehead atoms. The highest BCUT2D eigenvalue weighted by Gasteiger charge is 2.15. The second kappa shape index (κ2) is 6.51. The number of nitrogens with zero attached hydrogens (tertiary/aromatic N) is 1. The molecular formula is C15H12N2O2S2. The Morgan fingerprint density at radius 1 is 1.29 bits per heavy atom. The average Bonchev–Trinajstić information content (AvgIpc) is 3.17. The van der Waals surface area contributed by atoms with E-state index < -0.39 is 0 Å². The highest BCUT2D eigenvalue weighted by molar-refractivity contribution is 7.12. The number of carbonyl (C=O) groups is 1. The normalized spacial score (nSPS) is 10.3. The van der Waals surface area contributed by atoms with Crippen LogP contribution in [0.4, 0.5) is 5.69 Å². The molecule has 4 nitrogen and oxygen atoms in total. The van der Waals surface area contributed by atoms with Crippen LogP contribution < -0.4 is 10.1 Å². The van der Waals surface area contributed by atoms with Gasteiger partial charge in [-0.2, -0.15) is 11.3 Å². The minimum absolute atomic E-state index is 0.182. The van der Waals surface area contributed by atoms with Gasteiger partial charge in [-0.1, -0.05) is 0 Å². The number of pyridine rings is 1. The van der Waals surface area contributed by atoms with Gasteiger partial charge in [-0.05, 0) is 46.0 Å². The summed E-state index contributed by atoms with van der Waals surface area (Å²) in [5, 5.41) is 8.69. The van der Waals surface area contributed by atoms with Crippen molar-refractivity contribution in [2.24, 2.45) is 0 Å². The molecule has 0 aliphatic heterocycles. The quantitative estimate of drug-likeness (QED) is 0.773. The number of anilines is 1. The molecule has 3 aromatic heterocycles. The van der Waals surface area contributed by atoms with Crippen LogP contribution in [0.3, 0.4) is 0 Å². The maximum Gasteiger partial charge on any atom is 0.269 e. The molecule has 6 heteroatoms. The van der Waals surface area contributed by atoms with Crippen molar-refractivity contribution >= 4 is 34.3 Å². The molecule has 3 rings (SSSR count). The largest absolute Gasteiger partial charge is 0.487 e. The molecule has 3 aromatic rings. The van der Waals surface area contributed by atoms with Crippen molar-refractivity contribution < 1.29 is 9.53 Å². The zero-order chi connectivity index (χ0) is 14.5. The number of amides is 1. The van der Waals surface area contributed by atoms with E-state index in [-0.39, 0.29) is 5.91 Å². The molecule has 106 valence electrons. The third-order valence-corrected chi connectivity index (χ3v) is 4.36. The van der Waals surface area contributed by atoms with Gasteiger partial charge in [0, 0.05) is 6.20 Å². The second-order valence-electron chi connectivity index (χ2n) is 4.23. The van der Waals surface area contributed by atoms with Gasteiger partial charge in [-0.15, -0.1) is 11.3 Å². The Bertz CT molecular complexity index is 708. The van der Waals surface area contributed by atoms with Crippen molar-refractivity contribution in [2.45, 2.75) is 6.61 Å². The summed E-state index contributed by atoms with van der Waals surface area (Å²) in [5.74, 6) is 0.422. The minimum atomic E-state index is -0.182. The fraction of sp³-hybridized carbons (Fsp3) is 0.0667. The van der Waals surface area contributed by atoms with Gasteiger partial charge >= 0.3 is 0 Å². The van der Waals surface area contributed by atoms with E-state index in [2.05, 4.69) is 10.3 Å². The van der Waals surface area contributed by atoms with Gasteiger partial charge in [0.2, 0.25) is 0 Å². The van der Waals surface area contributed by atoms with E-state index >= 15 is 0 Å². The summed E-state index contributed by atoms with van der Waals surface area (Å²) in [4.78, 5) is 16.8. The van der Waals surface area contributed by atoms with Gasteiger partial charge in [0.15, 0.2) is 0 Å². The smallest absolute Gasteiger partial charge is 0.269 e. The lowest BCUT2D eigenvalue weighted by Gasteiger charge is -2.07. The third-order valence-electron chi connectivity index (χ3n) is 2.73. The van der Waals surface area contributed by atoms with Crippen LogP contribution in [0.25, 0.3) is 0 Å². The van der Waals surface area contributed by atoms with Crippen molar-refractivity contribution in [3.8, 4) is 5.75 Å². The number of hydrogen-bond donors (Lipinski definition) is 1. The van der Waals surface area contributed by atoms with Gasteiger partial charge in [0.1, 0.15) is 17.2 Å². The van der Waals surface area contributed by atoms with Gasteiger partial charge in [-0.3, -0.25) is 9.78 Å². The Morgan fingerprint density at radius 3 is 3.00 bits per heavy atom. The Kier molecular flexibility index (Phi) is 4.28. The molecule has 3 heterocycles. The first kappa shape index (κ1) is 13.8. The van der Waals surface area contributed by atoms with E-state index in [4.69, 9.17) is 4.74 Å². The number of aromatic nitrogens is 1. The molecule has 0 spiro atoms. The molecule has 0 saturated heterocycles. The molecule has 21 heavy (non-hydrogen) atoms. The van der Waals surface area contributed by atoms with E-state index in [1.54, 1.807) is 35.9 Å². The van der Waals surface area contributed by atoms with Crippen LogP contribution in [0.5, 0.6) is 5.75 Å². The van der Waals surface area contributed by atoms with Crippen molar-refractivity contribution in [3.05, 3.63) is 63.2 Å². The van der Waals surface area contributed by atoms with E-state index in [9.17, 15) is 4.79 Å². The maximum atomic E-state index is 12.3. The monoisotopic (exact) mass is 316 g/mol. The van der Waals surface area contributed by atoms with Crippen molar-refractivity contribution in [1.29, 1.82) is 0 Å². The summed E-state index contributed by atoms with van der Waals surface area (Å²) in [6.07, 6.45) is 3.27. The number of thiophene rings is 2. The molecule has 0 saturated carbocycles. The Labute approximate surface area is 130 Å². The lowest BCUT2D eigenvalue weighted by atomic mass is 10.3. The van der Waals surface area contributed by atoms with Crippen LogP contribution in [-0.2, 0) is 6.61 Å². The lowest BCUT2D eigenvalue weighted by Crippen LogP contribution is -2.11. The summed E-state index contributed by atoms with van der Waals surface area (Å²) in [6, 6.07) is 7.39. The Balaban J connectivity index is 1.68. The van der Waals surface area contributed by atoms with Crippen LogP contribution in [-0.4, -0.2) is 10.9 Å². The van der Waals surface area contributed by atoms with E-state index in [0.29, 0.717) is 22.9 Å². The molecule has 0 aliphatic rings. The number of rotatable bonds is 5. The maximum absolute atomic E-state index is 12.3. The third kappa shape index (κ3) is 3.48. The molecule has 1 N–H and O–H groups in total. The van der Waals surface area contributed by atoms with E-state index in [1.807, 2.05) is 28.3 Å². The lowest BCUT2D eigenvalue weighted by molar-refractivity contribution is 0.102. The van der Waals surface area contributed by atoms with Gasteiger partial charge in [0.05, 0.1) is 11.9 Å². The average molecular weight is 316 g/mol. The fourth-order valence-corrected chi connectivity index (χ4v) is 3.12. The SMILES string of the molecule is O=C(Nc1cccnc1)c1sccc1OCc1ccsc1. The first-order valence-electron chi connectivity index (χ1n) is 6.25. The first-order valence-corrected chi connectivity index (χ1v) is 8.08. The van der Waals surface area contributed by atoms with Gasteiger partial charge < -0.3 is 10.1 Å².